The molecular formula is C23H29N3O5. The molecule has 0 aliphatic heterocycles. The molecule has 2 rings (SSSR count). The van der Waals surface area contributed by atoms with Crippen molar-refractivity contribution in [3.8, 4) is 5.75 Å². The van der Waals surface area contributed by atoms with Crippen LogP contribution in [-0.4, -0.2) is 23.3 Å². The standard InChI is InChI=1S/C23H29N3O5/c1-22(2,3)16-9-12-19(18(13-16)23(4,5)6)31-14-20(27)24-25-21(28)15-7-10-17(11-8-15)26(29)30/h7-13H,14H2,1-6H3,(H,24,27)(H,25,28). The van der Waals surface area contributed by atoms with Gasteiger partial charge in [-0.25, -0.2) is 0 Å². The number of ether oxygens (including phenoxy) is 1. The number of hydrazine groups is 1. The average Bonchev–Trinajstić information content (AvgIpc) is 2.69. The number of nitrogens with one attached hydrogen (secondary N) is 2. The van der Waals surface area contributed by atoms with Crippen LogP contribution in [0.3, 0.4) is 0 Å². The molecule has 0 saturated carbocycles. The van der Waals surface area contributed by atoms with Gasteiger partial charge in [0, 0.05) is 17.7 Å². The van der Waals surface area contributed by atoms with Crippen LogP contribution in [0.4, 0.5) is 5.69 Å². The Morgan fingerprint density at radius 2 is 1.55 bits per heavy atom. The quantitative estimate of drug-likeness (QED) is 0.553. The van der Waals surface area contributed by atoms with E-state index in [0.29, 0.717) is 5.75 Å². The van der Waals surface area contributed by atoms with E-state index >= 15 is 0 Å². The monoisotopic (exact) mass is 427 g/mol. The van der Waals surface area contributed by atoms with Gasteiger partial charge in [-0.1, -0.05) is 53.7 Å². The molecule has 0 saturated heterocycles. The SMILES string of the molecule is CC(C)(C)c1ccc(OCC(=O)NNC(=O)c2ccc([N+](=O)[O-])cc2)c(C(C)(C)C)c1. The second-order valence-corrected chi connectivity index (χ2v) is 9.31. The fourth-order valence-electron chi connectivity index (χ4n) is 2.82. The fraction of sp³-hybridized carbons (Fsp3) is 0.391. The average molecular weight is 428 g/mol. The maximum atomic E-state index is 12.1. The summed E-state index contributed by atoms with van der Waals surface area (Å²) in [6, 6.07) is 11.0. The number of hydrogen-bond donors (Lipinski definition) is 2. The van der Waals surface area contributed by atoms with Crippen LogP contribution in [0.1, 0.15) is 63.0 Å². The van der Waals surface area contributed by atoms with Crippen molar-refractivity contribution in [2.24, 2.45) is 0 Å². The van der Waals surface area contributed by atoms with E-state index in [9.17, 15) is 19.7 Å². The van der Waals surface area contributed by atoms with Gasteiger partial charge in [0.25, 0.3) is 17.5 Å². The van der Waals surface area contributed by atoms with Gasteiger partial charge in [-0.05, 0) is 40.2 Å². The number of nitrogens with zero attached hydrogens (tertiary/aromatic N) is 1. The lowest BCUT2D eigenvalue weighted by Gasteiger charge is -2.27. The Hall–Kier alpha value is -3.42. The van der Waals surface area contributed by atoms with Gasteiger partial charge in [-0.15, -0.1) is 0 Å². The molecule has 31 heavy (non-hydrogen) atoms. The minimum absolute atomic E-state index is 0.0158. The molecule has 0 radical (unpaired) electrons. The lowest BCUT2D eigenvalue weighted by molar-refractivity contribution is -0.384. The molecule has 166 valence electrons. The molecule has 0 fully saturated rings. The maximum Gasteiger partial charge on any atom is 0.276 e. The molecule has 0 atom stereocenters. The molecule has 0 heterocycles. The number of amides is 2. The highest BCUT2D eigenvalue weighted by Gasteiger charge is 2.23. The number of carbonyl (C=O) groups is 2. The van der Waals surface area contributed by atoms with Crippen molar-refractivity contribution >= 4 is 17.5 Å². The molecule has 2 amide bonds. The van der Waals surface area contributed by atoms with Crippen LogP contribution in [0.25, 0.3) is 0 Å². The first-order chi connectivity index (χ1) is 14.3. The predicted molar refractivity (Wildman–Crippen MR) is 118 cm³/mol. The molecule has 0 unspecified atom stereocenters. The van der Waals surface area contributed by atoms with E-state index in [1.807, 2.05) is 12.1 Å². The number of nitro groups is 1. The first-order valence-electron chi connectivity index (χ1n) is 9.90. The van der Waals surface area contributed by atoms with Gasteiger partial charge in [0.05, 0.1) is 4.92 Å². The van der Waals surface area contributed by atoms with Gasteiger partial charge in [0.1, 0.15) is 5.75 Å². The summed E-state index contributed by atoms with van der Waals surface area (Å²) in [7, 11) is 0. The molecule has 2 N–H and O–H groups in total. The van der Waals surface area contributed by atoms with Gasteiger partial charge in [-0.2, -0.15) is 0 Å². The molecule has 2 aromatic carbocycles. The van der Waals surface area contributed by atoms with Gasteiger partial charge in [0.15, 0.2) is 6.61 Å². The molecule has 2 aromatic rings. The second kappa shape index (κ2) is 9.16. The molecule has 0 aliphatic carbocycles. The topological polar surface area (TPSA) is 111 Å². The first kappa shape index (κ1) is 23.9. The highest BCUT2D eigenvalue weighted by atomic mass is 16.6. The van der Waals surface area contributed by atoms with E-state index in [0.717, 1.165) is 5.56 Å². The molecule has 0 aliphatic rings. The lowest BCUT2D eigenvalue weighted by Crippen LogP contribution is -2.43. The van der Waals surface area contributed by atoms with Crippen molar-refractivity contribution in [2.45, 2.75) is 52.4 Å². The van der Waals surface area contributed by atoms with Crippen molar-refractivity contribution in [1.29, 1.82) is 0 Å². The van der Waals surface area contributed by atoms with Gasteiger partial charge in [-0.3, -0.25) is 30.6 Å². The third-order valence-electron chi connectivity index (χ3n) is 4.67. The van der Waals surface area contributed by atoms with Crippen molar-refractivity contribution in [3.05, 3.63) is 69.3 Å². The zero-order chi connectivity index (χ0) is 23.4. The molecule has 0 spiro atoms. The van der Waals surface area contributed by atoms with Crippen LogP contribution in [0, 0.1) is 10.1 Å². The third-order valence-corrected chi connectivity index (χ3v) is 4.67. The summed E-state index contributed by atoms with van der Waals surface area (Å²) in [5.41, 5.74) is 6.57. The summed E-state index contributed by atoms with van der Waals surface area (Å²) in [6.45, 7) is 12.4. The summed E-state index contributed by atoms with van der Waals surface area (Å²) in [6.07, 6.45) is 0. The zero-order valence-electron chi connectivity index (χ0n) is 18.7. The van der Waals surface area contributed by atoms with Gasteiger partial charge >= 0.3 is 0 Å². The highest BCUT2D eigenvalue weighted by Crippen LogP contribution is 2.35. The summed E-state index contributed by atoms with van der Waals surface area (Å²) >= 11 is 0. The van der Waals surface area contributed by atoms with E-state index in [-0.39, 0.29) is 28.7 Å². The Bertz CT molecular complexity index is 970. The maximum absolute atomic E-state index is 12.1. The third kappa shape index (κ3) is 6.53. The lowest BCUT2D eigenvalue weighted by atomic mass is 9.80. The number of hydrogen-bond acceptors (Lipinski definition) is 5. The van der Waals surface area contributed by atoms with Crippen LogP contribution >= 0.6 is 0 Å². The van der Waals surface area contributed by atoms with E-state index in [2.05, 4.69) is 58.5 Å². The second-order valence-electron chi connectivity index (χ2n) is 9.31. The fourth-order valence-corrected chi connectivity index (χ4v) is 2.82. The van der Waals surface area contributed by atoms with Crippen molar-refractivity contribution in [1.82, 2.24) is 10.9 Å². The Balaban J connectivity index is 1.99. The Morgan fingerprint density at radius 3 is 2.06 bits per heavy atom. The van der Waals surface area contributed by atoms with Gasteiger partial charge < -0.3 is 4.74 Å². The number of nitro benzene ring substituents is 1. The molecule has 8 heteroatoms. The largest absolute Gasteiger partial charge is 0.483 e. The van der Waals surface area contributed by atoms with Crippen LogP contribution in [0.5, 0.6) is 5.75 Å². The number of carbonyl (C=O) groups excluding carboxylic acids is 2. The number of rotatable bonds is 5. The highest BCUT2D eigenvalue weighted by molar-refractivity contribution is 5.95. The van der Waals surface area contributed by atoms with Gasteiger partial charge in [0.2, 0.25) is 0 Å². The van der Waals surface area contributed by atoms with Crippen molar-refractivity contribution in [2.75, 3.05) is 6.61 Å². The minimum atomic E-state index is -0.590. The van der Waals surface area contributed by atoms with Crippen LogP contribution in [-0.2, 0) is 15.6 Å². The van der Waals surface area contributed by atoms with E-state index < -0.39 is 16.7 Å². The van der Waals surface area contributed by atoms with Crippen molar-refractivity contribution < 1.29 is 19.2 Å². The Kier molecular flexibility index (Phi) is 7.05. The molecular weight excluding hydrogens is 398 g/mol. The number of non-ortho nitro benzene ring substituents is 1. The predicted octanol–water partition coefficient (Wildman–Crippen LogP) is 4.03. The van der Waals surface area contributed by atoms with Crippen LogP contribution in [0.2, 0.25) is 0 Å². The Morgan fingerprint density at radius 1 is 0.935 bits per heavy atom. The molecule has 0 bridgehead atoms. The summed E-state index contributed by atoms with van der Waals surface area (Å²) in [5, 5.41) is 10.7. The zero-order valence-corrected chi connectivity index (χ0v) is 18.7. The normalized spacial score (nSPS) is 11.5. The summed E-state index contributed by atoms with van der Waals surface area (Å²) in [5.74, 6) is -0.513. The van der Waals surface area contributed by atoms with Crippen LogP contribution in [0.15, 0.2) is 42.5 Å². The molecule has 8 nitrogen and oxygen atoms in total. The smallest absolute Gasteiger partial charge is 0.276 e. The molecule has 0 aromatic heterocycles. The summed E-state index contributed by atoms with van der Waals surface area (Å²) in [4.78, 5) is 34.3. The minimum Gasteiger partial charge on any atom is -0.483 e. The van der Waals surface area contributed by atoms with Crippen molar-refractivity contribution in [3.63, 3.8) is 0 Å². The Labute approximate surface area is 182 Å². The number of benzene rings is 2. The van der Waals surface area contributed by atoms with E-state index in [4.69, 9.17) is 4.74 Å². The van der Waals surface area contributed by atoms with Crippen LogP contribution < -0.4 is 15.6 Å². The first-order valence-corrected chi connectivity index (χ1v) is 9.90. The van der Waals surface area contributed by atoms with E-state index in [1.54, 1.807) is 0 Å². The summed E-state index contributed by atoms with van der Waals surface area (Å²) < 4.78 is 5.73. The van der Waals surface area contributed by atoms with E-state index in [1.165, 1.54) is 29.8 Å².